The SMILES string of the molecule is CC(=O)c1ccncc1NC(=O)OC(C)(C)C. The number of Topliss-reactive ketones (excluding diaryl/α,β-unsaturated/α-hetero) is 1. The first kappa shape index (κ1) is 13.2. The Bertz CT molecular complexity index is 436. The molecule has 1 amide bonds. The number of carbonyl (C=O) groups is 2. The van der Waals surface area contributed by atoms with E-state index in [1.54, 1.807) is 26.8 Å². The van der Waals surface area contributed by atoms with Crippen LogP contribution < -0.4 is 5.32 Å². The first-order valence-electron chi connectivity index (χ1n) is 5.24. The maximum Gasteiger partial charge on any atom is 0.412 e. The lowest BCUT2D eigenvalue weighted by Gasteiger charge is -2.20. The summed E-state index contributed by atoms with van der Waals surface area (Å²) in [6.45, 7) is 6.72. The fourth-order valence-corrected chi connectivity index (χ4v) is 1.21. The monoisotopic (exact) mass is 236 g/mol. The van der Waals surface area contributed by atoms with Gasteiger partial charge in [-0.2, -0.15) is 0 Å². The number of hydrogen-bond donors (Lipinski definition) is 1. The van der Waals surface area contributed by atoms with Gasteiger partial charge in [0, 0.05) is 11.8 Å². The molecule has 0 radical (unpaired) electrons. The van der Waals surface area contributed by atoms with E-state index in [4.69, 9.17) is 4.74 Å². The molecule has 92 valence electrons. The molecule has 0 bridgehead atoms. The summed E-state index contributed by atoms with van der Waals surface area (Å²) in [5.74, 6) is -0.140. The lowest BCUT2D eigenvalue weighted by atomic mass is 10.1. The van der Waals surface area contributed by atoms with Crippen molar-refractivity contribution in [2.75, 3.05) is 5.32 Å². The van der Waals surface area contributed by atoms with Crippen LogP contribution in [0.25, 0.3) is 0 Å². The highest BCUT2D eigenvalue weighted by Crippen LogP contribution is 2.15. The Labute approximate surface area is 100 Å². The Balaban J connectivity index is 2.82. The first-order chi connectivity index (χ1) is 7.79. The number of ketones is 1. The Morgan fingerprint density at radius 2 is 2.00 bits per heavy atom. The summed E-state index contributed by atoms with van der Waals surface area (Å²) in [5.41, 5.74) is 0.183. The van der Waals surface area contributed by atoms with E-state index in [1.165, 1.54) is 19.3 Å². The van der Waals surface area contributed by atoms with Gasteiger partial charge in [0.2, 0.25) is 0 Å². The van der Waals surface area contributed by atoms with Gasteiger partial charge in [-0.15, -0.1) is 0 Å². The van der Waals surface area contributed by atoms with Crippen molar-refractivity contribution in [2.45, 2.75) is 33.3 Å². The van der Waals surface area contributed by atoms with E-state index >= 15 is 0 Å². The van der Waals surface area contributed by atoms with Crippen LogP contribution in [0.3, 0.4) is 0 Å². The molecule has 0 atom stereocenters. The number of aromatic nitrogens is 1. The molecular formula is C12H16N2O3. The van der Waals surface area contributed by atoms with Gasteiger partial charge in [-0.3, -0.25) is 15.1 Å². The lowest BCUT2D eigenvalue weighted by Crippen LogP contribution is -2.27. The Kier molecular flexibility index (Phi) is 3.83. The van der Waals surface area contributed by atoms with Crippen molar-refractivity contribution in [2.24, 2.45) is 0 Å². The maximum atomic E-state index is 11.5. The minimum atomic E-state index is -0.604. The molecule has 1 heterocycles. The molecule has 0 fully saturated rings. The molecule has 0 unspecified atom stereocenters. The second-order valence-electron chi connectivity index (χ2n) is 4.60. The third kappa shape index (κ3) is 4.22. The van der Waals surface area contributed by atoms with Crippen molar-refractivity contribution in [1.29, 1.82) is 0 Å². The number of ether oxygens (including phenoxy) is 1. The van der Waals surface area contributed by atoms with Crippen molar-refractivity contribution >= 4 is 17.6 Å². The number of carbonyl (C=O) groups excluding carboxylic acids is 2. The molecule has 0 aliphatic rings. The molecule has 5 nitrogen and oxygen atoms in total. The zero-order chi connectivity index (χ0) is 13.1. The van der Waals surface area contributed by atoms with Crippen LogP contribution in [0, 0.1) is 0 Å². The molecule has 0 aliphatic heterocycles. The third-order valence-electron chi connectivity index (χ3n) is 1.84. The Hall–Kier alpha value is -1.91. The average Bonchev–Trinajstić information content (AvgIpc) is 2.14. The summed E-state index contributed by atoms with van der Waals surface area (Å²) in [6.07, 6.45) is 2.31. The van der Waals surface area contributed by atoms with E-state index in [2.05, 4.69) is 10.3 Å². The van der Waals surface area contributed by atoms with Crippen molar-refractivity contribution < 1.29 is 14.3 Å². The number of pyridine rings is 1. The van der Waals surface area contributed by atoms with Gasteiger partial charge >= 0.3 is 6.09 Å². The van der Waals surface area contributed by atoms with Gasteiger partial charge in [-0.1, -0.05) is 0 Å². The maximum absolute atomic E-state index is 11.5. The van der Waals surface area contributed by atoms with E-state index in [-0.39, 0.29) is 5.78 Å². The second kappa shape index (κ2) is 4.95. The number of nitrogens with one attached hydrogen (secondary N) is 1. The summed E-state index contributed by atoms with van der Waals surface area (Å²) < 4.78 is 5.09. The molecule has 17 heavy (non-hydrogen) atoms. The minimum absolute atomic E-state index is 0.140. The van der Waals surface area contributed by atoms with Crippen LogP contribution in [0.5, 0.6) is 0 Å². The van der Waals surface area contributed by atoms with Crippen LogP contribution >= 0.6 is 0 Å². The van der Waals surface area contributed by atoms with Crippen LogP contribution in [0.4, 0.5) is 10.5 Å². The second-order valence-corrected chi connectivity index (χ2v) is 4.60. The molecule has 0 saturated heterocycles. The van der Waals surface area contributed by atoms with Gasteiger partial charge in [0.05, 0.1) is 11.9 Å². The smallest absolute Gasteiger partial charge is 0.412 e. The van der Waals surface area contributed by atoms with Crippen molar-refractivity contribution in [1.82, 2.24) is 4.98 Å². The Morgan fingerprint density at radius 3 is 2.53 bits per heavy atom. The van der Waals surface area contributed by atoms with E-state index in [9.17, 15) is 9.59 Å². The summed E-state index contributed by atoms with van der Waals surface area (Å²) in [6, 6.07) is 1.55. The normalized spacial score (nSPS) is 10.8. The number of hydrogen-bond acceptors (Lipinski definition) is 4. The Morgan fingerprint density at radius 1 is 1.35 bits per heavy atom. The van der Waals surface area contributed by atoms with E-state index in [0.29, 0.717) is 11.3 Å². The van der Waals surface area contributed by atoms with Gasteiger partial charge < -0.3 is 4.74 Å². The van der Waals surface area contributed by atoms with Crippen LogP contribution in [0.15, 0.2) is 18.5 Å². The molecule has 1 rings (SSSR count). The number of nitrogens with zero attached hydrogens (tertiary/aromatic N) is 1. The topological polar surface area (TPSA) is 68.3 Å². The average molecular weight is 236 g/mol. The van der Waals surface area contributed by atoms with Crippen molar-refractivity contribution in [3.63, 3.8) is 0 Å². The van der Waals surface area contributed by atoms with Crippen LogP contribution in [0.2, 0.25) is 0 Å². The molecule has 5 heteroatoms. The summed E-state index contributed by atoms with van der Waals surface area (Å²) >= 11 is 0. The molecule has 0 spiro atoms. The molecule has 1 aromatic heterocycles. The molecule has 1 N–H and O–H groups in total. The van der Waals surface area contributed by atoms with E-state index in [0.717, 1.165) is 0 Å². The summed E-state index contributed by atoms with van der Waals surface area (Å²) in [7, 11) is 0. The predicted molar refractivity (Wildman–Crippen MR) is 64.1 cm³/mol. The van der Waals surface area contributed by atoms with Gasteiger partial charge in [0.1, 0.15) is 5.60 Å². The quantitative estimate of drug-likeness (QED) is 0.801. The fourth-order valence-electron chi connectivity index (χ4n) is 1.21. The number of amides is 1. The van der Waals surface area contributed by atoms with E-state index < -0.39 is 11.7 Å². The minimum Gasteiger partial charge on any atom is -0.444 e. The highest BCUT2D eigenvalue weighted by atomic mass is 16.6. The third-order valence-corrected chi connectivity index (χ3v) is 1.84. The standard InChI is InChI=1S/C12H16N2O3/c1-8(15)9-5-6-13-7-10(9)14-11(16)17-12(2,3)4/h5-7H,1-4H3,(H,14,16). The van der Waals surface area contributed by atoms with Crippen LogP contribution in [0.1, 0.15) is 38.1 Å². The van der Waals surface area contributed by atoms with Gasteiger partial charge in [-0.25, -0.2) is 4.79 Å². The number of anilines is 1. The molecule has 0 saturated carbocycles. The first-order valence-corrected chi connectivity index (χ1v) is 5.24. The largest absolute Gasteiger partial charge is 0.444 e. The lowest BCUT2D eigenvalue weighted by molar-refractivity contribution is 0.0636. The van der Waals surface area contributed by atoms with Crippen LogP contribution in [-0.2, 0) is 4.74 Å². The van der Waals surface area contributed by atoms with Crippen LogP contribution in [-0.4, -0.2) is 22.5 Å². The van der Waals surface area contributed by atoms with E-state index in [1.807, 2.05) is 0 Å². The molecule has 1 aromatic rings. The molecule has 0 aliphatic carbocycles. The fraction of sp³-hybridized carbons (Fsp3) is 0.417. The summed E-state index contributed by atoms with van der Waals surface area (Å²) in [5, 5.41) is 2.50. The van der Waals surface area contributed by atoms with Gasteiger partial charge in [0.15, 0.2) is 5.78 Å². The van der Waals surface area contributed by atoms with Crippen molar-refractivity contribution in [3.05, 3.63) is 24.0 Å². The highest BCUT2D eigenvalue weighted by Gasteiger charge is 2.17. The zero-order valence-corrected chi connectivity index (χ0v) is 10.4. The summed E-state index contributed by atoms with van der Waals surface area (Å²) in [4.78, 5) is 26.7. The molecule has 0 aromatic carbocycles. The highest BCUT2D eigenvalue weighted by molar-refractivity contribution is 6.02. The van der Waals surface area contributed by atoms with Gasteiger partial charge in [-0.05, 0) is 33.8 Å². The zero-order valence-electron chi connectivity index (χ0n) is 10.4. The molecular weight excluding hydrogens is 220 g/mol. The number of rotatable bonds is 2. The van der Waals surface area contributed by atoms with Gasteiger partial charge in [0.25, 0.3) is 0 Å². The predicted octanol–water partition coefficient (Wildman–Crippen LogP) is 2.63. The van der Waals surface area contributed by atoms with Crippen molar-refractivity contribution in [3.8, 4) is 0 Å².